The molecule has 0 bridgehead atoms. The second kappa shape index (κ2) is 6.78. The molecule has 2 aliphatic heterocycles. The number of thioether (sulfide) groups is 1. The van der Waals surface area contributed by atoms with Crippen LogP contribution in [-0.2, 0) is 16.1 Å². The number of carbonyl (C=O) groups is 2. The van der Waals surface area contributed by atoms with E-state index >= 15 is 0 Å². The van der Waals surface area contributed by atoms with Gasteiger partial charge in [-0.3, -0.25) is 9.59 Å². The summed E-state index contributed by atoms with van der Waals surface area (Å²) < 4.78 is 10.6. The van der Waals surface area contributed by atoms with Gasteiger partial charge in [0.1, 0.15) is 6.04 Å². The van der Waals surface area contributed by atoms with Crippen molar-refractivity contribution in [2.45, 2.75) is 37.2 Å². The normalized spacial score (nSPS) is 25.0. The fourth-order valence-electron chi connectivity index (χ4n) is 3.59. The van der Waals surface area contributed by atoms with Crippen LogP contribution >= 0.6 is 11.8 Å². The Hall–Kier alpha value is -1.89. The van der Waals surface area contributed by atoms with E-state index in [9.17, 15) is 9.59 Å². The summed E-state index contributed by atoms with van der Waals surface area (Å²) in [5.41, 5.74) is 0.953. The lowest BCUT2D eigenvalue weighted by molar-refractivity contribution is -0.143. The highest BCUT2D eigenvalue weighted by Crippen LogP contribution is 2.47. The molecule has 6 nitrogen and oxygen atoms in total. The minimum Gasteiger partial charge on any atom is -0.493 e. The number of hydrogen-bond donors (Lipinski definition) is 0. The molecule has 1 aromatic carbocycles. The minimum absolute atomic E-state index is 0.0127. The van der Waals surface area contributed by atoms with Gasteiger partial charge in [-0.2, -0.15) is 0 Å². The number of nitrogens with zero attached hydrogens (tertiary/aromatic N) is 2. The molecule has 0 unspecified atom stereocenters. The summed E-state index contributed by atoms with van der Waals surface area (Å²) in [5.74, 6) is 2.04. The monoisotopic (exact) mass is 364 g/mol. The molecule has 3 rings (SSSR count). The Kier molecular flexibility index (Phi) is 4.86. The third-order valence-electron chi connectivity index (χ3n) is 4.97. The van der Waals surface area contributed by atoms with Crippen molar-refractivity contribution in [1.29, 1.82) is 0 Å². The standard InChI is InChI=1S/C18H24N2O4S/c1-18-8-7-16(21)20(18)13(11-25-18)17(22)19(2)10-12-5-6-14(23-3)15(9-12)24-4/h5-6,9,13H,7-8,10-11H2,1-4H3/t13-,18-/m1/s1. The topological polar surface area (TPSA) is 59.1 Å². The highest BCUT2D eigenvalue weighted by molar-refractivity contribution is 8.01. The average molecular weight is 364 g/mol. The molecule has 1 aromatic rings. The molecule has 7 heteroatoms. The number of rotatable bonds is 5. The van der Waals surface area contributed by atoms with E-state index in [0.717, 1.165) is 12.0 Å². The Labute approximate surface area is 152 Å². The first-order chi connectivity index (χ1) is 11.9. The van der Waals surface area contributed by atoms with Gasteiger partial charge in [0.2, 0.25) is 11.8 Å². The summed E-state index contributed by atoms with van der Waals surface area (Å²) in [6.07, 6.45) is 1.35. The van der Waals surface area contributed by atoms with E-state index in [1.54, 1.807) is 42.8 Å². The van der Waals surface area contributed by atoms with Crippen LogP contribution in [0.2, 0.25) is 0 Å². The smallest absolute Gasteiger partial charge is 0.246 e. The lowest BCUT2D eigenvalue weighted by Crippen LogP contribution is -2.50. The fourth-order valence-corrected chi connectivity index (χ4v) is 5.01. The van der Waals surface area contributed by atoms with Gasteiger partial charge < -0.3 is 19.3 Å². The molecular formula is C18H24N2O4S. The maximum absolute atomic E-state index is 12.9. The third kappa shape index (κ3) is 3.17. The molecule has 2 fully saturated rings. The van der Waals surface area contributed by atoms with Gasteiger partial charge in [-0.15, -0.1) is 11.8 Å². The van der Waals surface area contributed by atoms with Crippen molar-refractivity contribution in [1.82, 2.24) is 9.80 Å². The molecule has 0 N–H and O–H groups in total. The SMILES string of the molecule is COc1ccc(CN(C)C(=O)[C@H]2CS[C@]3(C)CCC(=O)N23)cc1OC. The van der Waals surface area contributed by atoms with Crippen molar-refractivity contribution in [2.75, 3.05) is 27.0 Å². The molecule has 25 heavy (non-hydrogen) atoms. The van der Waals surface area contributed by atoms with Gasteiger partial charge in [0.25, 0.3) is 0 Å². The summed E-state index contributed by atoms with van der Waals surface area (Å²) in [6, 6.07) is 5.26. The predicted octanol–water partition coefficient (Wildman–Crippen LogP) is 2.12. The van der Waals surface area contributed by atoms with Crippen LogP contribution < -0.4 is 9.47 Å². The van der Waals surface area contributed by atoms with Crippen LogP contribution in [0.25, 0.3) is 0 Å². The van der Waals surface area contributed by atoms with Crippen LogP contribution in [0.5, 0.6) is 11.5 Å². The first-order valence-electron chi connectivity index (χ1n) is 8.31. The fraction of sp³-hybridized carbons (Fsp3) is 0.556. The van der Waals surface area contributed by atoms with Crippen LogP contribution in [0.15, 0.2) is 18.2 Å². The Balaban J connectivity index is 1.72. The summed E-state index contributed by atoms with van der Waals surface area (Å²) >= 11 is 1.71. The summed E-state index contributed by atoms with van der Waals surface area (Å²) in [6.45, 7) is 2.52. The van der Waals surface area contributed by atoms with E-state index in [1.807, 2.05) is 18.2 Å². The van der Waals surface area contributed by atoms with Gasteiger partial charge >= 0.3 is 0 Å². The minimum atomic E-state index is -0.366. The molecule has 0 saturated carbocycles. The van der Waals surface area contributed by atoms with E-state index in [1.165, 1.54) is 0 Å². The Morgan fingerprint density at radius 2 is 2.08 bits per heavy atom. The quantitative estimate of drug-likeness (QED) is 0.801. The molecule has 2 saturated heterocycles. The summed E-state index contributed by atoms with van der Waals surface area (Å²) in [4.78, 5) is 28.4. The molecule has 0 aliphatic carbocycles. The van der Waals surface area contributed by atoms with E-state index in [2.05, 4.69) is 6.92 Å². The van der Waals surface area contributed by atoms with Crippen LogP contribution in [0.4, 0.5) is 0 Å². The zero-order valence-corrected chi connectivity index (χ0v) is 15.9. The predicted molar refractivity (Wildman–Crippen MR) is 96.8 cm³/mol. The highest BCUT2D eigenvalue weighted by atomic mass is 32.2. The van der Waals surface area contributed by atoms with E-state index in [4.69, 9.17) is 9.47 Å². The molecule has 0 spiro atoms. The van der Waals surface area contributed by atoms with Crippen LogP contribution in [0.3, 0.4) is 0 Å². The second-order valence-corrected chi connectivity index (χ2v) is 8.15. The van der Waals surface area contributed by atoms with Crippen LogP contribution in [0, 0.1) is 0 Å². The van der Waals surface area contributed by atoms with Crippen molar-refractivity contribution in [3.8, 4) is 11.5 Å². The lowest BCUT2D eigenvalue weighted by atomic mass is 10.1. The molecule has 2 atom stereocenters. The molecule has 0 radical (unpaired) electrons. The van der Waals surface area contributed by atoms with Crippen molar-refractivity contribution >= 4 is 23.6 Å². The van der Waals surface area contributed by atoms with Gasteiger partial charge in [-0.05, 0) is 31.0 Å². The lowest BCUT2D eigenvalue weighted by Gasteiger charge is -2.32. The van der Waals surface area contributed by atoms with E-state index in [-0.39, 0.29) is 22.7 Å². The second-order valence-electron chi connectivity index (χ2n) is 6.65. The molecule has 136 valence electrons. The largest absolute Gasteiger partial charge is 0.493 e. The number of ether oxygens (including phenoxy) is 2. The van der Waals surface area contributed by atoms with Crippen LogP contribution in [-0.4, -0.2) is 59.5 Å². The maximum atomic E-state index is 12.9. The van der Waals surface area contributed by atoms with Crippen LogP contribution in [0.1, 0.15) is 25.3 Å². The van der Waals surface area contributed by atoms with E-state index < -0.39 is 0 Å². The van der Waals surface area contributed by atoms with Gasteiger partial charge in [-0.25, -0.2) is 0 Å². The van der Waals surface area contributed by atoms with Crippen molar-refractivity contribution in [3.05, 3.63) is 23.8 Å². The molecule has 2 heterocycles. The number of carbonyl (C=O) groups excluding carboxylic acids is 2. The molecule has 0 aromatic heterocycles. The molecule has 2 amide bonds. The Morgan fingerprint density at radius 1 is 1.36 bits per heavy atom. The van der Waals surface area contributed by atoms with Gasteiger partial charge in [0.05, 0.1) is 19.1 Å². The number of fused-ring (bicyclic) bond motifs is 1. The Morgan fingerprint density at radius 3 is 2.76 bits per heavy atom. The third-order valence-corrected chi connectivity index (χ3v) is 6.48. The Bertz CT molecular complexity index is 696. The number of methoxy groups -OCH3 is 2. The maximum Gasteiger partial charge on any atom is 0.246 e. The van der Waals surface area contributed by atoms with E-state index in [0.29, 0.717) is 30.2 Å². The molecular weight excluding hydrogens is 340 g/mol. The van der Waals surface area contributed by atoms with Crippen molar-refractivity contribution in [3.63, 3.8) is 0 Å². The first kappa shape index (κ1) is 17.9. The van der Waals surface area contributed by atoms with Gasteiger partial charge in [0.15, 0.2) is 11.5 Å². The average Bonchev–Trinajstić information content (AvgIpc) is 3.10. The zero-order chi connectivity index (χ0) is 18.2. The van der Waals surface area contributed by atoms with Gasteiger partial charge in [0, 0.05) is 25.8 Å². The number of amides is 2. The number of benzene rings is 1. The van der Waals surface area contributed by atoms with Crippen molar-refractivity contribution < 1.29 is 19.1 Å². The zero-order valence-electron chi connectivity index (χ0n) is 15.1. The number of hydrogen-bond acceptors (Lipinski definition) is 5. The van der Waals surface area contributed by atoms with Crippen molar-refractivity contribution in [2.24, 2.45) is 0 Å². The molecule has 2 aliphatic rings. The summed E-state index contributed by atoms with van der Waals surface area (Å²) in [5, 5.41) is 0. The summed E-state index contributed by atoms with van der Waals surface area (Å²) in [7, 11) is 4.96. The van der Waals surface area contributed by atoms with Gasteiger partial charge in [-0.1, -0.05) is 6.07 Å². The number of likely N-dealkylation sites (N-methyl/N-ethyl adjacent to an activating group) is 1. The first-order valence-corrected chi connectivity index (χ1v) is 9.30. The highest BCUT2D eigenvalue weighted by Gasteiger charge is 2.53.